The number of nitrogens with one attached hydrogen (secondary N) is 1. The lowest BCUT2D eigenvalue weighted by Gasteiger charge is -2.47. The Hall–Kier alpha value is -2.22. The fourth-order valence-electron chi connectivity index (χ4n) is 7.82. The van der Waals surface area contributed by atoms with Gasteiger partial charge in [0.15, 0.2) is 0 Å². The minimum Gasteiger partial charge on any atom is -0.350 e. The summed E-state index contributed by atoms with van der Waals surface area (Å²) in [4.78, 5) is 30.8. The maximum atomic E-state index is 15.2. The first kappa shape index (κ1) is 33.7. The Kier molecular flexibility index (Phi) is 10.5. The van der Waals surface area contributed by atoms with Crippen molar-refractivity contribution >= 4 is 35.8 Å². The third kappa shape index (κ3) is 7.04. The number of rotatable bonds is 6. The summed E-state index contributed by atoms with van der Waals surface area (Å²) in [5.41, 5.74) is 2.57. The zero-order chi connectivity index (χ0) is 30.3. The van der Waals surface area contributed by atoms with Crippen LogP contribution in [0.1, 0.15) is 108 Å². The van der Waals surface area contributed by atoms with Crippen LogP contribution in [0.25, 0.3) is 0 Å². The van der Waals surface area contributed by atoms with Gasteiger partial charge in [0.1, 0.15) is 11.6 Å². The Bertz CT molecular complexity index is 1320. The van der Waals surface area contributed by atoms with Gasteiger partial charge in [-0.3, -0.25) is 14.5 Å². The average molecular weight is 637 g/mol. The number of benzene rings is 2. The lowest BCUT2D eigenvalue weighted by molar-refractivity contribution is -0.143. The first-order chi connectivity index (χ1) is 19.9. The van der Waals surface area contributed by atoms with E-state index in [4.69, 9.17) is 11.6 Å². The molecule has 2 amide bonds. The molecule has 43 heavy (non-hydrogen) atoms. The monoisotopic (exact) mass is 635 g/mol. The number of amides is 2. The molecule has 3 saturated heterocycles. The van der Waals surface area contributed by atoms with E-state index in [-0.39, 0.29) is 65.6 Å². The van der Waals surface area contributed by atoms with Crippen LogP contribution >= 0.6 is 24.0 Å². The summed E-state index contributed by atoms with van der Waals surface area (Å²) in [6, 6.07) is 9.89. The van der Waals surface area contributed by atoms with E-state index in [0.29, 0.717) is 23.6 Å². The molecule has 0 aromatic heterocycles. The van der Waals surface area contributed by atoms with Crippen molar-refractivity contribution in [2.24, 2.45) is 5.92 Å². The smallest absolute Gasteiger partial charge is 0.226 e. The van der Waals surface area contributed by atoms with Crippen LogP contribution in [0.2, 0.25) is 5.02 Å². The van der Waals surface area contributed by atoms with Crippen molar-refractivity contribution < 1.29 is 18.4 Å². The normalized spacial score (nSPS) is 26.5. The molecule has 3 aliphatic heterocycles. The third-order valence-electron chi connectivity index (χ3n) is 9.88. The van der Waals surface area contributed by atoms with E-state index in [0.717, 1.165) is 50.3 Å². The lowest BCUT2D eigenvalue weighted by atomic mass is 9.76. The van der Waals surface area contributed by atoms with Crippen molar-refractivity contribution in [3.8, 4) is 0 Å². The molecule has 3 aliphatic rings. The summed E-state index contributed by atoms with van der Waals surface area (Å²) in [5.74, 6) is -1.56. The number of fused-ring (bicyclic) bond motifs is 2. The van der Waals surface area contributed by atoms with Gasteiger partial charge in [0.2, 0.25) is 11.8 Å². The first-order valence-electron chi connectivity index (χ1n) is 15.5. The Labute approximate surface area is 266 Å². The van der Waals surface area contributed by atoms with Gasteiger partial charge in [-0.1, -0.05) is 30.7 Å². The highest BCUT2D eigenvalue weighted by Gasteiger charge is 2.48. The van der Waals surface area contributed by atoms with Crippen LogP contribution in [0.15, 0.2) is 36.4 Å². The van der Waals surface area contributed by atoms with Crippen molar-refractivity contribution in [2.75, 3.05) is 13.1 Å². The Morgan fingerprint density at radius 2 is 1.67 bits per heavy atom. The molecule has 5 rings (SSSR count). The molecule has 0 aliphatic carbocycles. The molecule has 0 saturated carbocycles. The van der Waals surface area contributed by atoms with Gasteiger partial charge in [-0.25, -0.2) is 8.78 Å². The topological polar surface area (TPSA) is 52.7 Å². The second kappa shape index (κ2) is 13.4. The van der Waals surface area contributed by atoms with Gasteiger partial charge in [0.25, 0.3) is 0 Å². The van der Waals surface area contributed by atoms with Crippen molar-refractivity contribution in [1.82, 2.24) is 15.1 Å². The molecule has 0 radical (unpaired) electrons. The van der Waals surface area contributed by atoms with E-state index in [1.165, 1.54) is 24.6 Å². The van der Waals surface area contributed by atoms with Crippen molar-refractivity contribution in [1.29, 1.82) is 0 Å². The third-order valence-corrected chi connectivity index (χ3v) is 10.1. The van der Waals surface area contributed by atoms with Crippen LogP contribution in [-0.4, -0.2) is 52.3 Å². The van der Waals surface area contributed by atoms with Crippen LogP contribution < -0.4 is 5.32 Å². The number of carbonyl (C=O) groups is 2. The second-order valence-corrected chi connectivity index (χ2v) is 14.0. The van der Waals surface area contributed by atoms with Crippen LogP contribution in [0.3, 0.4) is 0 Å². The number of hydrogen-bond donors (Lipinski definition) is 1. The lowest BCUT2D eigenvalue weighted by Crippen LogP contribution is -2.55. The van der Waals surface area contributed by atoms with Crippen molar-refractivity contribution in [2.45, 2.75) is 109 Å². The van der Waals surface area contributed by atoms with Gasteiger partial charge < -0.3 is 10.2 Å². The highest BCUT2D eigenvalue weighted by molar-refractivity contribution is 6.30. The zero-order valence-corrected chi connectivity index (χ0v) is 27.4. The minimum absolute atomic E-state index is 0. The predicted molar refractivity (Wildman–Crippen MR) is 170 cm³/mol. The molecule has 5 nitrogen and oxygen atoms in total. The largest absolute Gasteiger partial charge is 0.350 e. The quantitative estimate of drug-likeness (QED) is 0.353. The molecule has 2 aromatic carbocycles. The number of nitrogens with zero attached hydrogens (tertiary/aromatic N) is 2. The van der Waals surface area contributed by atoms with Crippen molar-refractivity contribution in [3.05, 3.63) is 69.7 Å². The summed E-state index contributed by atoms with van der Waals surface area (Å²) >= 11 is 6.42. The number of likely N-dealkylation sites (tertiary alicyclic amines) is 1. The number of hydrogen-bond acceptors (Lipinski definition) is 3. The van der Waals surface area contributed by atoms with Gasteiger partial charge in [-0.05, 0) is 107 Å². The minimum atomic E-state index is -0.604. The molecule has 3 fully saturated rings. The average Bonchev–Trinajstić information content (AvgIpc) is 3.19. The van der Waals surface area contributed by atoms with Gasteiger partial charge in [-0.15, -0.1) is 12.4 Å². The van der Waals surface area contributed by atoms with E-state index in [9.17, 15) is 14.0 Å². The molecule has 2 aromatic rings. The Balaban J connectivity index is 0.00000423. The SMILES string of the molecule is CCC(NC(C)=O)c1cc(Cl)ccc1C1CC2CCC(C1)N2C(=O)[C@@H]1CCN(C(C)(C)C)C[C@H]1c1ccc(F)cc1F.Cl. The molecular weight excluding hydrogens is 591 g/mol. The maximum absolute atomic E-state index is 15.2. The first-order valence-corrected chi connectivity index (χ1v) is 15.8. The molecule has 3 unspecified atom stereocenters. The molecule has 5 atom stereocenters. The molecular formula is C34H45Cl2F2N3O2. The van der Waals surface area contributed by atoms with Gasteiger partial charge in [0.05, 0.1) is 6.04 Å². The molecule has 236 valence electrons. The second-order valence-electron chi connectivity index (χ2n) is 13.5. The van der Waals surface area contributed by atoms with Gasteiger partial charge in [0, 0.05) is 54.0 Å². The van der Waals surface area contributed by atoms with E-state index in [1.807, 2.05) is 12.1 Å². The summed E-state index contributed by atoms with van der Waals surface area (Å²) in [7, 11) is 0. The van der Waals surface area contributed by atoms with Crippen LogP contribution in [-0.2, 0) is 9.59 Å². The zero-order valence-electron chi connectivity index (χ0n) is 25.8. The Morgan fingerprint density at radius 3 is 2.26 bits per heavy atom. The van der Waals surface area contributed by atoms with Gasteiger partial charge in [-0.2, -0.15) is 0 Å². The highest BCUT2D eigenvalue weighted by atomic mass is 35.5. The Morgan fingerprint density at radius 1 is 1.02 bits per heavy atom. The van der Waals surface area contributed by atoms with E-state index in [2.05, 4.69) is 48.9 Å². The number of piperidine rings is 2. The van der Waals surface area contributed by atoms with E-state index < -0.39 is 11.6 Å². The maximum Gasteiger partial charge on any atom is 0.226 e. The molecule has 1 N–H and O–H groups in total. The predicted octanol–water partition coefficient (Wildman–Crippen LogP) is 7.77. The van der Waals surface area contributed by atoms with E-state index in [1.54, 1.807) is 0 Å². The summed E-state index contributed by atoms with van der Waals surface area (Å²) in [5, 5.41) is 3.73. The van der Waals surface area contributed by atoms with Crippen LogP contribution in [0.5, 0.6) is 0 Å². The van der Waals surface area contributed by atoms with Crippen LogP contribution in [0, 0.1) is 17.6 Å². The molecule has 3 heterocycles. The van der Waals surface area contributed by atoms with Crippen LogP contribution in [0.4, 0.5) is 8.78 Å². The summed E-state index contributed by atoms with van der Waals surface area (Å²) in [6.07, 6.45) is 5.01. The summed E-state index contributed by atoms with van der Waals surface area (Å²) < 4.78 is 29.0. The fourth-order valence-corrected chi connectivity index (χ4v) is 8.00. The highest BCUT2D eigenvalue weighted by Crippen LogP contribution is 2.47. The molecule has 2 bridgehead atoms. The van der Waals surface area contributed by atoms with Gasteiger partial charge >= 0.3 is 0 Å². The van der Waals surface area contributed by atoms with Crippen molar-refractivity contribution in [3.63, 3.8) is 0 Å². The molecule has 9 heteroatoms. The van der Waals surface area contributed by atoms with E-state index >= 15 is 4.39 Å². The molecule has 0 spiro atoms. The number of halogens is 4. The standard InChI is InChI=1S/C34H44ClF2N3O2.ClH/c1-6-32(38-20(2)41)29-17-22(35)7-11-26(29)21-15-24-9-10-25(16-21)40(24)33(42)28-13-14-39(34(3,4)5)19-30(28)27-12-8-23(36)18-31(27)37;/h7-8,11-12,17-18,21,24-25,28,30,32H,6,9-10,13-16,19H2,1-5H3,(H,38,41);1H/t21?,24?,25?,28-,30+,32?;/m1./s1. The number of carbonyl (C=O) groups excluding carboxylic acids is 2. The summed E-state index contributed by atoms with van der Waals surface area (Å²) in [6.45, 7) is 11.3. The fraction of sp³-hybridized carbons (Fsp3) is 0.588.